The van der Waals surface area contributed by atoms with E-state index in [9.17, 15) is 13.2 Å². The molecule has 140 valence electrons. The summed E-state index contributed by atoms with van der Waals surface area (Å²) in [4.78, 5) is 12.0. The summed E-state index contributed by atoms with van der Waals surface area (Å²) in [6.07, 6.45) is 1.69. The predicted molar refractivity (Wildman–Crippen MR) is 104 cm³/mol. The van der Waals surface area contributed by atoms with Crippen molar-refractivity contribution in [1.82, 2.24) is 0 Å². The third-order valence-electron chi connectivity index (χ3n) is 3.62. The van der Waals surface area contributed by atoms with Gasteiger partial charge in [-0.3, -0.25) is 9.10 Å². The van der Waals surface area contributed by atoms with Crippen molar-refractivity contribution in [2.24, 2.45) is 0 Å². The highest BCUT2D eigenvalue weighted by Gasteiger charge is 2.18. The van der Waals surface area contributed by atoms with Crippen molar-refractivity contribution in [3.8, 4) is 5.75 Å². The number of hydrogen-bond donors (Lipinski definition) is 1. The number of amides is 1. The van der Waals surface area contributed by atoms with E-state index in [1.54, 1.807) is 48.5 Å². The molecule has 0 aliphatic carbocycles. The minimum absolute atomic E-state index is 0.183. The maximum absolute atomic E-state index is 12.1. The van der Waals surface area contributed by atoms with Gasteiger partial charge in [0.05, 0.1) is 19.1 Å². The van der Waals surface area contributed by atoms with Gasteiger partial charge in [-0.15, -0.1) is 0 Å². The molecule has 0 unspecified atom stereocenters. The fourth-order valence-electron chi connectivity index (χ4n) is 2.42. The maximum atomic E-state index is 12.1. The monoisotopic (exact) mass is 396 g/mol. The second kappa shape index (κ2) is 8.91. The number of halogens is 1. The molecule has 0 atom stereocenters. The summed E-state index contributed by atoms with van der Waals surface area (Å²) in [6.45, 7) is 0.189. The van der Waals surface area contributed by atoms with E-state index in [2.05, 4.69) is 5.32 Å². The van der Waals surface area contributed by atoms with Gasteiger partial charge in [0.1, 0.15) is 5.75 Å². The van der Waals surface area contributed by atoms with Crippen LogP contribution in [0, 0.1) is 0 Å². The Hall–Kier alpha value is -2.25. The van der Waals surface area contributed by atoms with Crippen molar-refractivity contribution in [1.29, 1.82) is 0 Å². The summed E-state index contributed by atoms with van der Waals surface area (Å²) < 4.78 is 30.6. The summed E-state index contributed by atoms with van der Waals surface area (Å²) in [6, 6.07) is 13.6. The Morgan fingerprint density at radius 1 is 1.19 bits per heavy atom. The number of benzene rings is 2. The van der Waals surface area contributed by atoms with Crippen LogP contribution in [-0.4, -0.2) is 34.2 Å². The van der Waals surface area contributed by atoms with E-state index in [0.717, 1.165) is 6.26 Å². The number of sulfonamides is 1. The van der Waals surface area contributed by atoms with Crippen LogP contribution in [0.25, 0.3) is 0 Å². The molecular weight excluding hydrogens is 376 g/mol. The van der Waals surface area contributed by atoms with Crippen LogP contribution in [0.2, 0.25) is 5.02 Å². The van der Waals surface area contributed by atoms with Crippen LogP contribution in [0.5, 0.6) is 5.75 Å². The van der Waals surface area contributed by atoms with E-state index in [1.165, 1.54) is 11.4 Å². The van der Waals surface area contributed by atoms with E-state index < -0.39 is 10.0 Å². The Kier molecular flexibility index (Phi) is 6.88. The first kappa shape index (κ1) is 20.1. The number of methoxy groups -OCH3 is 1. The number of rotatable bonds is 8. The number of hydrogen-bond acceptors (Lipinski definition) is 4. The zero-order valence-electron chi connectivity index (χ0n) is 14.6. The topological polar surface area (TPSA) is 75.7 Å². The summed E-state index contributed by atoms with van der Waals surface area (Å²) in [5, 5.41) is 3.27. The van der Waals surface area contributed by atoms with Gasteiger partial charge in [-0.2, -0.15) is 0 Å². The third-order valence-corrected chi connectivity index (χ3v) is 5.04. The Morgan fingerprint density at radius 2 is 1.92 bits per heavy atom. The van der Waals surface area contributed by atoms with Crippen LogP contribution in [0.15, 0.2) is 48.5 Å². The van der Waals surface area contributed by atoms with Crippen molar-refractivity contribution >= 4 is 38.9 Å². The molecule has 1 N–H and O–H groups in total. The van der Waals surface area contributed by atoms with Gasteiger partial charge in [0.2, 0.25) is 15.9 Å². The molecule has 2 aromatic carbocycles. The maximum Gasteiger partial charge on any atom is 0.232 e. The minimum Gasteiger partial charge on any atom is -0.497 e. The molecule has 1 amide bonds. The van der Waals surface area contributed by atoms with Gasteiger partial charge >= 0.3 is 0 Å². The van der Waals surface area contributed by atoms with Crippen molar-refractivity contribution in [2.45, 2.75) is 12.8 Å². The highest BCUT2D eigenvalue weighted by molar-refractivity contribution is 7.92. The lowest BCUT2D eigenvalue weighted by Gasteiger charge is -2.22. The fourth-order valence-corrected chi connectivity index (χ4v) is 3.57. The van der Waals surface area contributed by atoms with E-state index >= 15 is 0 Å². The zero-order valence-corrected chi connectivity index (χ0v) is 16.2. The summed E-state index contributed by atoms with van der Waals surface area (Å²) in [5.74, 6) is 0.362. The smallest absolute Gasteiger partial charge is 0.232 e. The molecule has 6 nitrogen and oxygen atoms in total. The fraction of sp³-hybridized carbons (Fsp3) is 0.278. The molecule has 0 heterocycles. The van der Waals surface area contributed by atoms with Crippen LogP contribution in [-0.2, 0) is 14.8 Å². The van der Waals surface area contributed by atoms with Gasteiger partial charge in [0.15, 0.2) is 0 Å². The number of carbonyl (C=O) groups excluding carboxylic acids is 1. The molecule has 0 aromatic heterocycles. The third kappa shape index (κ3) is 5.93. The second-order valence-corrected chi connectivity index (χ2v) is 8.04. The lowest BCUT2D eigenvalue weighted by Crippen LogP contribution is -2.31. The van der Waals surface area contributed by atoms with Crippen molar-refractivity contribution in [3.05, 3.63) is 53.6 Å². The van der Waals surface area contributed by atoms with E-state index in [1.807, 2.05) is 0 Å². The van der Waals surface area contributed by atoms with Crippen LogP contribution >= 0.6 is 11.6 Å². The number of anilines is 2. The molecule has 0 saturated carbocycles. The number of ether oxygens (including phenoxy) is 1. The zero-order chi connectivity index (χ0) is 19.2. The highest BCUT2D eigenvalue weighted by Crippen LogP contribution is 2.23. The van der Waals surface area contributed by atoms with Crippen LogP contribution in [0.4, 0.5) is 11.4 Å². The number of nitrogens with one attached hydrogen (secondary N) is 1. The number of nitrogens with zero attached hydrogens (tertiary/aromatic N) is 1. The molecule has 0 aliphatic rings. The van der Waals surface area contributed by atoms with Crippen LogP contribution < -0.4 is 14.4 Å². The molecule has 26 heavy (non-hydrogen) atoms. The Labute approximate surface area is 158 Å². The molecule has 0 aliphatic heterocycles. The molecule has 0 bridgehead atoms. The first-order valence-electron chi connectivity index (χ1n) is 7.97. The first-order chi connectivity index (χ1) is 12.3. The van der Waals surface area contributed by atoms with E-state index in [0.29, 0.717) is 28.6 Å². The van der Waals surface area contributed by atoms with Crippen LogP contribution in [0.3, 0.4) is 0 Å². The quantitative estimate of drug-likeness (QED) is 0.740. The van der Waals surface area contributed by atoms with Crippen LogP contribution in [0.1, 0.15) is 12.8 Å². The predicted octanol–water partition coefficient (Wildman–Crippen LogP) is 3.53. The van der Waals surface area contributed by atoms with Gasteiger partial charge in [0, 0.05) is 29.7 Å². The Morgan fingerprint density at radius 3 is 2.58 bits per heavy atom. The summed E-state index contributed by atoms with van der Waals surface area (Å²) in [5.41, 5.74) is 1.11. The molecule has 8 heteroatoms. The van der Waals surface area contributed by atoms with E-state index in [4.69, 9.17) is 16.3 Å². The molecular formula is C18H21ClN2O4S. The minimum atomic E-state index is -3.48. The van der Waals surface area contributed by atoms with E-state index in [-0.39, 0.29) is 18.9 Å². The molecule has 0 radical (unpaired) electrons. The lowest BCUT2D eigenvalue weighted by atomic mass is 10.2. The van der Waals surface area contributed by atoms with Gasteiger partial charge in [0.25, 0.3) is 0 Å². The second-order valence-electron chi connectivity index (χ2n) is 5.70. The Bertz CT molecular complexity index is 871. The highest BCUT2D eigenvalue weighted by atomic mass is 35.5. The Balaban J connectivity index is 1.98. The molecule has 0 fully saturated rings. The summed E-state index contributed by atoms with van der Waals surface area (Å²) in [7, 11) is -1.96. The van der Waals surface area contributed by atoms with Gasteiger partial charge in [-0.25, -0.2) is 8.42 Å². The standard InChI is InChI=1S/C18H21ClN2O4S/c1-25-17-9-4-8-16(13-17)21(26(2,23)24)11-5-10-18(22)20-15-7-3-6-14(19)12-15/h3-4,6-9,12-13H,5,10-11H2,1-2H3,(H,20,22). The number of carbonyl (C=O) groups is 1. The van der Waals surface area contributed by atoms with Crippen molar-refractivity contribution in [2.75, 3.05) is 29.5 Å². The van der Waals surface area contributed by atoms with Crippen molar-refractivity contribution < 1.29 is 17.9 Å². The molecule has 0 spiro atoms. The normalized spacial score (nSPS) is 11.0. The van der Waals surface area contributed by atoms with Crippen molar-refractivity contribution in [3.63, 3.8) is 0 Å². The SMILES string of the molecule is COc1cccc(N(CCCC(=O)Nc2cccc(Cl)c2)S(C)(=O)=O)c1. The molecule has 2 aromatic rings. The summed E-state index contributed by atoms with van der Waals surface area (Å²) >= 11 is 5.88. The largest absolute Gasteiger partial charge is 0.497 e. The molecule has 0 saturated heterocycles. The lowest BCUT2D eigenvalue weighted by molar-refractivity contribution is -0.116. The average Bonchev–Trinajstić information content (AvgIpc) is 2.57. The molecule has 2 rings (SSSR count). The van der Waals surface area contributed by atoms with Gasteiger partial charge < -0.3 is 10.1 Å². The average molecular weight is 397 g/mol. The van der Waals surface area contributed by atoms with Gasteiger partial charge in [-0.1, -0.05) is 23.7 Å². The first-order valence-corrected chi connectivity index (χ1v) is 10.2. The van der Waals surface area contributed by atoms with Gasteiger partial charge in [-0.05, 0) is 36.8 Å².